The molecular weight excluding hydrogens is 386 g/mol. The van der Waals surface area contributed by atoms with Crippen LogP contribution in [-0.2, 0) is 5.41 Å². The van der Waals surface area contributed by atoms with Crippen LogP contribution in [0.15, 0.2) is 29.6 Å². The summed E-state index contributed by atoms with van der Waals surface area (Å²) in [5.74, 6) is 1.52. The molecule has 1 amide bonds. The monoisotopic (exact) mass is 417 g/mol. The van der Waals surface area contributed by atoms with Gasteiger partial charge in [-0.15, -0.1) is 11.3 Å². The molecule has 1 N–H and O–H groups in total. The Kier molecular flexibility index (Phi) is 7.42. The van der Waals surface area contributed by atoms with E-state index in [1.165, 1.54) is 17.7 Å². The van der Waals surface area contributed by atoms with Crippen LogP contribution in [0, 0.1) is 0 Å². The second-order valence-corrected chi connectivity index (χ2v) is 8.20. The van der Waals surface area contributed by atoms with Gasteiger partial charge in [-0.1, -0.05) is 18.9 Å². The fourth-order valence-corrected chi connectivity index (χ4v) is 5.00. The molecule has 0 unspecified atom stereocenters. The van der Waals surface area contributed by atoms with Gasteiger partial charge in [0.2, 0.25) is 5.75 Å². The summed E-state index contributed by atoms with van der Waals surface area (Å²) in [5, 5.41) is 5.29. The van der Waals surface area contributed by atoms with E-state index in [-0.39, 0.29) is 11.3 Å². The third-order valence-electron chi connectivity index (χ3n) is 5.36. The van der Waals surface area contributed by atoms with E-state index in [0.29, 0.717) is 49.2 Å². The molecule has 1 saturated carbocycles. The summed E-state index contributed by atoms with van der Waals surface area (Å²) in [4.78, 5) is 14.4. The lowest BCUT2D eigenvalue weighted by Crippen LogP contribution is -2.38. The summed E-state index contributed by atoms with van der Waals surface area (Å²) in [6, 6.07) is 7.79. The maximum Gasteiger partial charge on any atom is 0.251 e. The Balaban J connectivity index is 1.82. The predicted octanol–water partition coefficient (Wildman–Crippen LogP) is 5.19. The molecule has 2 aromatic rings. The highest BCUT2D eigenvalue weighted by Crippen LogP contribution is 2.43. The van der Waals surface area contributed by atoms with Crippen LogP contribution < -0.4 is 19.5 Å². The van der Waals surface area contributed by atoms with E-state index >= 15 is 0 Å². The van der Waals surface area contributed by atoms with E-state index in [2.05, 4.69) is 22.8 Å². The highest BCUT2D eigenvalue weighted by molar-refractivity contribution is 7.10. The van der Waals surface area contributed by atoms with Crippen LogP contribution >= 0.6 is 11.3 Å². The van der Waals surface area contributed by atoms with Crippen LogP contribution in [0.4, 0.5) is 0 Å². The molecule has 6 heteroatoms. The molecule has 0 bridgehead atoms. The molecule has 0 aliphatic heterocycles. The molecule has 3 rings (SSSR count). The Hall–Kier alpha value is -2.21. The summed E-state index contributed by atoms with van der Waals surface area (Å²) < 4.78 is 17.2. The minimum absolute atomic E-state index is 0.0561. The summed E-state index contributed by atoms with van der Waals surface area (Å²) >= 11 is 1.78. The minimum Gasteiger partial charge on any atom is -0.490 e. The lowest BCUT2D eigenvalue weighted by Gasteiger charge is -2.28. The molecule has 0 radical (unpaired) electrons. The smallest absolute Gasteiger partial charge is 0.251 e. The topological polar surface area (TPSA) is 56.8 Å². The van der Waals surface area contributed by atoms with Crippen LogP contribution in [0.25, 0.3) is 0 Å². The average Bonchev–Trinajstić information content (AvgIpc) is 3.41. The number of thiophene rings is 1. The molecule has 5 nitrogen and oxygen atoms in total. The number of rotatable bonds is 10. The van der Waals surface area contributed by atoms with Crippen molar-refractivity contribution in [3.63, 3.8) is 0 Å². The van der Waals surface area contributed by atoms with E-state index in [1.54, 1.807) is 23.5 Å². The molecule has 158 valence electrons. The van der Waals surface area contributed by atoms with Crippen molar-refractivity contribution < 1.29 is 19.0 Å². The molecule has 0 saturated heterocycles. The van der Waals surface area contributed by atoms with Gasteiger partial charge in [-0.2, -0.15) is 0 Å². The Morgan fingerprint density at radius 1 is 1.03 bits per heavy atom. The Morgan fingerprint density at radius 2 is 1.66 bits per heavy atom. The van der Waals surface area contributed by atoms with E-state index in [0.717, 1.165) is 12.8 Å². The molecule has 0 atom stereocenters. The van der Waals surface area contributed by atoms with Gasteiger partial charge in [0.1, 0.15) is 0 Å². The maximum atomic E-state index is 13.0. The molecule has 1 aliphatic rings. The number of ether oxygens (including phenoxy) is 3. The SMILES string of the molecule is CCOc1cc(C(=O)NCC2(c3cccs3)CCCC2)cc(OCC)c1OCC. The Labute approximate surface area is 177 Å². The van der Waals surface area contributed by atoms with E-state index in [4.69, 9.17) is 14.2 Å². The quantitative estimate of drug-likeness (QED) is 0.578. The van der Waals surface area contributed by atoms with E-state index in [9.17, 15) is 4.79 Å². The van der Waals surface area contributed by atoms with Gasteiger partial charge in [0, 0.05) is 22.4 Å². The maximum absolute atomic E-state index is 13.0. The second kappa shape index (κ2) is 10.0. The summed E-state index contributed by atoms with van der Waals surface area (Å²) in [6.45, 7) is 7.85. The molecule has 1 fully saturated rings. The van der Waals surface area contributed by atoms with Crippen molar-refractivity contribution in [1.82, 2.24) is 5.32 Å². The standard InChI is InChI=1S/C23H31NO4S/c1-4-26-18-14-17(15-19(27-5-2)21(18)28-6-3)22(25)24-16-23(11-7-8-12-23)20-10-9-13-29-20/h9-10,13-15H,4-8,11-12,16H2,1-3H3,(H,24,25). The first-order valence-corrected chi connectivity index (χ1v) is 11.4. The zero-order chi connectivity index (χ0) is 20.7. The number of carbonyl (C=O) groups excluding carboxylic acids is 1. The Bertz CT molecular complexity index is 770. The van der Waals surface area contributed by atoms with Crippen LogP contribution in [0.5, 0.6) is 17.2 Å². The van der Waals surface area contributed by atoms with Gasteiger partial charge in [0.05, 0.1) is 19.8 Å². The van der Waals surface area contributed by atoms with E-state index < -0.39 is 0 Å². The fraction of sp³-hybridized carbons (Fsp3) is 0.522. The van der Waals surface area contributed by atoms with Crippen molar-refractivity contribution in [2.24, 2.45) is 0 Å². The number of hydrogen-bond donors (Lipinski definition) is 1. The molecule has 1 aliphatic carbocycles. The zero-order valence-electron chi connectivity index (χ0n) is 17.6. The largest absolute Gasteiger partial charge is 0.490 e. The van der Waals surface area contributed by atoms with Crippen molar-refractivity contribution in [3.8, 4) is 17.2 Å². The van der Waals surface area contributed by atoms with Gasteiger partial charge in [-0.3, -0.25) is 4.79 Å². The first kappa shape index (κ1) is 21.5. The van der Waals surface area contributed by atoms with Crippen LogP contribution in [-0.4, -0.2) is 32.3 Å². The molecule has 1 heterocycles. The van der Waals surface area contributed by atoms with Gasteiger partial charge in [-0.05, 0) is 57.2 Å². The number of hydrogen-bond acceptors (Lipinski definition) is 5. The Morgan fingerprint density at radius 3 is 2.17 bits per heavy atom. The minimum atomic E-state index is -0.113. The van der Waals surface area contributed by atoms with Crippen LogP contribution in [0.1, 0.15) is 61.7 Å². The highest BCUT2D eigenvalue weighted by atomic mass is 32.1. The van der Waals surface area contributed by atoms with Crippen molar-refractivity contribution in [3.05, 3.63) is 40.1 Å². The third kappa shape index (κ3) is 4.86. The van der Waals surface area contributed by atoms with Crippen molar-refractivity contribution in [2.75, 3.05) is 26.4 Å². The van der Waals surface area contributed by atoms with Gasteiger partial charge in [0.15, 0.2) is 11.5 Å². The molecular formula is C23H31NO4S. The van der Waals surface area contributed by atoms with Gasteiger partial charge >= 0.3 is 0 Å². The predicted molar refractivity (Wildman–Crippen MR) is 117 cm³/mol. The van der Waals surface area contributed by atoms with Crippen LogP contribution in [0.2, 0.25) is 0 Å². The van der Waals surface area contributed by atoms with Gasteiger partial charge in [-0.25, -0.2) is 0 Å². The second-order valence-electron chi connectivity index (χ2n) is 7.25. The lowest BCUT2D eigenvalue weighted by atomic mass is 9.84. The van der Waals surface area contributed by atoms with Gasteiger partial charge < -0.3 is 19.5 Å². The molecule has 1 aromatic heterocycles. The zero-order valence-corrected chi connectivity index (χ0v) is 18.4. The summed E-state index contributed by atoms with van der Waals surface area (Å²) in [6.07, 6.45) is 4.65. The van der Waals surface area contributed by atoms with Gasteiger partial charge in [0.25, 0.3) is 5.91 Å². The van der Waals surface area contributed by atoms with E-state index in [1.807, 2.05) is 20.8 Å². The number of amides is 1. The molecule has 0 spiro atoms. The number of carbonyl (C=O) groups is 1. The summed E-state index contributed by atoms with van der Waals surface area (Å²) in [5.41, 5.74) is 0.584. The molecule has 29 heavy (non-hydrogen) atoms. The number of benzene rings is 1. The first-order valence-electron chi connectivity index (χ1n) is 10.5. The third-order valence-corrected chi connectivity index (χ3v) is 6.48. The highest BCUT2D eigenvalue weighted by Gasteiger charge is 2.37. The molecule has 1 aromatic carbocycles. The lowest BCUT2D eigenvalue weighted by molar-refractivity contribution is 0.0942. The summed E-state index contributed by atoms with van der Waals surface area (Å²) in [7, 11) is 0. The van der Waals surface area contributed by atoms with Crippen molar-refractivity contribution in [2.45, 2.75) is 51.9 Å². The fourth-order valence-electron chi connectivity index (χ4n) is 4.01. The van der Waals surface area contributed by atoms with Crippen molar-refractivity contribution in [1.29, 1.82) is 0 Å². The van der Waals surface area contributed by atoms with Crippen molar-refractivity contribution >= 4 is 17.2 Å². The van der Waals surface area contributed by atoms with Crippen LogP contribution in [0.3, 0.4) is 0 Å². The first-order chi connectivity index (χ1) is 14.1. The normalized spacial score (nSPS) is 15.1. The number of nitrogens with one attached hydrogen (secondary N) is 1. The average molecular weight is 418 g/mol.